The van der Waals surface area contributed by atoms with Crippen molar-refractivity contribution in [3.63, 3.8) is 0 Å². The van der Waals surface area contributed by atoms with E-state index in [2.05, 4.69) is 19.9 Å². The number of hydrogen-bond acceptors (Lipinski definition) is 1. The number of nitrogens with one attached hydrogen (secondary N) is 1. The number of rotatable bonds is 0. The molecule has 3 rings (SSSR count). The first-order valence-electron chi connectivity index (χ1n) is 6.29. The topological polar surface area (TPSA) is 23.9 Å². The second-order valence-electron chi connectivity index (χ2n) is 5.52. The zero-order chi connectivity index (χ0) is 12.9. The van der Waals surface area contributed by atoms with Gasteiger partial charge in [-0.25, -0.2) is 4.39 Å². The lowest BCUT2D eigenvalue weighted by Gasteiger charge is -2.14. The van der Waals surface area contributed by atoms with Gasteiger partial charge in [0.25, 0.3) is 0 Å². The van der Waals surface area contributed by atoms with E-state index in [0.29, 0.717) is 11.6 Å². The molecule has 0 bridgehead atoms. The number of fused-ring (bicyclic) bond motifs is 3. The normalized spacial score (nSPS) is 34.3. The van der Waals surface area contributed by atoms with Crippen molar-refractivity contribution >= 4 is 5.71 Å². The Balaban J connectivity index is 2.23. The highest BCUT2D eigenvalue weighted by atomic mass is 19.1. The summed E-state index contributed by atoms with van der Waals surface area (Å²) in [5, 5.41) is 8.13. The van der Waals surface area contributed by atoms with Crippen LogP contribution in [0.2, 0.25) is 0 Å². The van der Waals surface area contributed by atoms with Gasteiger partial charge in [-0.15, -0.1) is 0 Å². The lowest BCUT2D eigenvalue weighted by molar-refractivity contribution is 0.621. The molecule has 1 nitrogen and oxygen atoms in total. The summed E-state index contributed by atoms with van der Waals surface area (Å²) >= 11 is 0. The van der Waals surface area contributed by atoms with Crippen LogP contribution in [0.3, 0.4) is 0 Å². The first kappa shape index (κ1) is 11.4. The summed E-state index contributed by atoms with van der Waals surface area (Å²) in [6, 6.07) is 4.76. The molecule has 1 fully saturated rings. The molecule has 0 saturated heterocycles. The maximum absolute atomic E-state index is 13.5. The molecule has 0 amide bonds. The predicted octanol–water partition coefficient (Wildman–Crippen LogP) is 3.99. The molecule has 18 heavy (non-hydrogen) atoms. The van der Waals surface area contributed by atoms with Gasteiger partial charge in [0.1, 0.15) is 5.82 Å². The Morgan fingerprint density at radius 2 is 2.17 bits per heavy atom. The largest absolute Gasteiger partial charge is 0.300 e. The first-order chi connectivity index (χ1) is 8.50. The first-order valence-corrected chi connectivity index (χ1v) is 6.29. The standard InChI is InChI=1S/C16H16FN/c1-10-3-6-15(18)13-5-4-12(17)8-14(13)16(2)9-11(16)7-10/h3-8,10,18H,9H2,1-2H3/b6-3-,11-7+,18-15?. The Morgan fingerprint density at radius 3 is 2.94 bits per heavy atom. The molecule has 92 valence electrons. The van der Waals surface area contributed by atoms with Gasteiger partial charge in [0.2, 0.25) is 0 Å². The van der Waals surface area contributed by atoms with Crippen LogP contribution in [-0.4, -0.2) is 5.71 Å². The minimum atomic E-state index is -0.217. The van der Waals surface area contributed by atoms with Gasteiger partial charge in [0.05, 0.1) is 5.71 Å². The van der Waals surface area contributed by atoms with Crippen LogP contribution in [0, 0.1) is 17.1 Å². The summed E-state index contributed by atoms with van der Waals surface area (Å²) in [5.74, 6) is 0.117. The van der Waals surface area contributed by atoms with E-state index in [0.717, 1.165) is 17.5 Å². The smallest absolute Gasteiger partial charge is 0.123 e. The van der Waals surface area contributed by atoms with E-state index in [9.17, 15) is 4.39 Å². The second kappa shape index (κ2) is 3.64. The minimum Gasteiger partial charge on any atom is -0.300 e. The fraction of sp³-hybridized carbons (Fsp3) is 0.312. The van der Waals surface area contributed by atoms with E-state index in [1.807, 2.05) is 12.2 Å². The summed E-state index contributed by atoms with van der Waals surface area (Å²) in [6.07, 6.45) is 7.08. The van der Waals surface area contributed by atoms with Crippen molar-refractivity contribution in [3.05, 3.63) is 58.9 Å². The highest BCUT2D eigenvalue weighted by Gasteiger charge is 2.47. The molecular formula is C16H16FN. The van der Waals surface area contributed by atoms with Gasteiger partial charge in [-0.1, -0.05) is 31.6 Å². The molecular weight excluding hydrogens is 225 g/mol. The molecule has 2 atom stereocenters. The molecule has 0 radical (unpaired) electrons. The van der Waals surface area contributed by atoms with E-state index >= 15 is 0 Å². The van der Waals surface area contributed by atoms with Gasteiger partial charge in [-0.05, 0) is 42.2 Å². The molecule has 1 aromatic carbocycles. The van der Waals surface area contributed by atoms with E-state index < -0.39 is 0 Å². The van der Waals surface area contributed by atoms with Crippen LogP contribution < -0.4 is 0 Å². The summed E-state index contributed by atoms with van der Waals surface area (Å²) < 4.78 is 13.5. The maximum atomic E-state index is 13.5. The van der Waals surface area contributed by atoms with Crippen molar-refractivity contribution in [1.29, 1.82) is 5.41 Å². The number of benzene rings is 1. The van der Waals surface area contributed by atoms with Crippen LogP contribution in [0.5, 0.6) is 0 Å². The summed E-state index contributed by atoms with van der Waals surface area (Å²) in [7, 11) is 0. The number of hydrogen-bond donors (Lipinski definition) is 1. The third-order valence-corrected chi connectivity index (χ3v) is 4.02. The quantitative estimate of drug-likeness (QED) is 0.664. The van der Waals surface area contributed by atoms with E-state index in [1.54, 1.807) is 12.1 Å². The second-order valence-corrected chi connectivity index (χ2v) is 5.52. The van der Waals surface area contributed by atoms with Gasteiger partial charge < -0.3 is 5.41 Å². The third-order valence-electron chi connectivity index (χ3n) is 4.02. The minimum absolute atomic E-state index is 0.0655. The zero-order valence-electron chi connectivity index (χ0n) is 10.6. The zero-order valence-corrected chi connectivity index (χ0v) is 10.6. The highest BCUT2D eigenvalue weighted by Crippen LogP contribution is 2.55. The lowest BCUT2D eigenvalue weighted by Crippen LogP contribution is -2.09. The molecule has 2 aliphatic rings. The fourth-order valence-electron chi connectivity index (χ4n) is 2.77. The average molecular weight is 241 g/mol. The summed E-state index contributed by atoms with van der Waals surface area (Å²) in [6.45, 7) is 4.26. The van der Waals surface area contributed by atoms with Crippen molar-refractivity contribution in [3.8, 4) is 0 Å². The molecule has 2 heteroatoms. The lowest BCUT2D eigenvalue weighted by atomic mass is 9.90. The monoisotopic (exact) mass is 241 g/mol. The molecule has 0 aromatic heterocycles. The van der Waals surface area contributed by atoms with Crippen molar-refractivity contribution in [1.82, 2.24) is 0 Å². The van der Waals surface area contributed by atoms with Crippen molar-refractivity contribution < 1.29 is 4.39 Å². The predicted molar refractivity (Wildman–Crippen MR) is 71.6 cm³/mol. The molecule has 2 unspecified atom stereocenters. The Kier molecular flexibility index (Phi) is 2.31. The van der Waals surface area contributed by atoms with Crippen molar-refractivity contribution in [2.45, 2.75) is 25.7 Å². The molecule has 1 N–H and O–H groups in total. The summed E-state index contributed by atoms with van der Waals surface area (Å²) in [5.41, 5.74) is 3.58. The van der Waals surface area contributed by atoms with E-state index in [-0.39, 0.29) is 11.2 Å². The van der Waals surface area contributed by atoms with Gasteiger partial charge in [-0.2, -0.15) is 0 Å². The average Bonchev–Trinajstić information content (AvgIpc) is 2.97. The maximum Gasteiger partial charge on any atom is 0.123 e. The molecule has 2 aliphatic carbocycles. The van der Waals surface area contributed by atoms with Crippen molar-refractivity contribution in [2.75, 3.05) is 0 Å². The van der Waals surface area contributed by atoms with Crippen LogP contribution in [-0.2, 0) is 5.41 Å². The highest BCUT2D eigenvalue weighted by molar-refractivity contribution is 6.08. The molecule has 0 heterocycles. The third kappa shape index (κ3) is 1.64. The Labute approximate surface area is 107 Å². The SMILES string of the molecule is CC1/C=C\C(=N)c2ccc(F)cc2C2(C)C/C2=C\1. The number of allylic oxidation sites excluding steroid dienone is 4. The van der Waals surface area contributed by atoms with E-state index in [1.165, 1.54) is 11.6 Å². The van der Waals surface area contributed by atoms with Gasteiger partial charge in [-0.3, -0.25) is 0 Å². The summed E-state index contributed by atoms with van der Waals surface area (Å²) in [4.78, 5) is 0. The van der Waals surface area contributed by atoms with Crippen LogP contribution in [0.4, 0.5) is 4.39 Å². The van der Waals surface area contributed by atoms with Crippen LogP contribution in [0.1, 0.15) is 31.4 Å². The number of halogens is 1. The van der Waals surface area contributed by atoms with Gasteiger partial charge >= 0.3 is 0 Å². The fourth-order valence-corrected chi connectivity index (χ4v) is 2.77. The van der Waals surface area contributed by atoms with Crippen LogP contribution in [0.15, 0.2) is 42.0 Å². The van der Waals surface area contributed by atoms with Gasteiger partial charge in [0, 0.05) is 11.0 Å². The molecule has 0 spiro atoms. The molecule has 1 aromatic rings. The molecule has 1 saturated carbocycles. The van der Waals surface area contributed by atoms with Crippen LogP contribution in [0.25, 0.3) is 0 Å². The Bertz CT molecular complexity index is 597. The van der Waals surface area contributed by atoms with Gasteiger partial charge in [0.15, 0.2) is 0 Å². The van der Waals surface area contributed by atoms with Crippen LogP contribution >= 0.6 is 0 Å². The Morgan fingerprint density at radius 1 is 1.39 bits per heavy atom. The van der Waals surface area contributed by atoms with E-state index in [4.69, 9.17) is 5.41 Å². The Hall–Kier alpha value is -1.70. The van der Waals surface area contributed by atoms with Crippen molar-refractivity contribution in [2.24, 2.45) is 5.92 Å². The molecule has 0 aliphatic heterocycles.